The number of nitrogens with zero attached hydrogens (tertiary/aromatic N) is 6. The summed E-state index contributed by atoms with van der Waals surface area (Å²) in [6.07, 6.45) is 2.72. The normalized spacial score (nSPS) is 19.3. The van der Waals surface area contributed by atoms with Crippen LogP contribution in [0.25, 0.3) is 11.5 Å². The van der Waals surface area contributed by atoms with Crippen LogP contribution in [0, 0.1) is 12.8 Å². The maximum Gasteiger partial charge on any atom is 0.180 e. The van der Waals surface area contributed by atoms with E-state index in [0.717, 1.165) is 18.1 Å². The van der Waals surface area contributed by atoms with E-state index < -0.39 is 0 Å². The maximum atomic E-state index is 5.55. The van der Waals surface area contributed by atoms with Crippen LogP contribution in [0.1, 0.15) is 36.8 Å². The molecule has 2 atom stereocenters. The third kappa shape index (κ3) is 4.23. The molecule has 0 saturated carbocycles. The highest BCUT2D eigenvalue weighted by atomic mass is 16.5. The molecular weight excluding hydrogens is 368 g/mol. The van der Waals surface area contributed by atoms with Crippen molar-refractivity contribution in [2.45, 2.75) is 45.9 Å². The second-order valence-corrected chi connectivity index (χ2v) is 8.00. The lowest BCUT2D eigenvalue weighted by molar-refractivity contribution is 0.0661. The molecule has 1 aliphatic heterocycles. The van der Waals surface area contributed by atoms with Crippen molar-refractivity contribution in [3.05, 3.63) is 47.4 Å². The Balaban J connectivity index is 1.67. The minimum absolute atomic E-state index is 0.0177. The van der Waals surface area contributed by atoms with Gasteiger partial charge in [0.25, 0.3) is 0 Å². The molecule has 4 rings (SSSR count). The van der Waals surface area contributed by atoms with Crippen LogP contribution in [0.15, 0.2) is 30.5 Å². The fourth-order valence-corrected chi connectivity index (χ4v) is 3.63. The van der Waals surface area contributed by atoms with E-state index >= 15 is 0 Å². The van der Waals surface area contributed by atoms with Crippen molar-refractivity contribution in [2.75, 3.05) is 20.3 Å². The highest BCUT2D eigenvalue weighted by molar-refractivity contribution is 5.47. The molecule has 29 heavy (non-hydrogen) atoms. The van der Waals surface area contributed by atoms with Crippen molar-refractivity contribution >= 4 is 0 Å². The van der Waals surface area contributed by atoms with Crippen molar-refractivity contribution in [1.82, 2.24) is 29.8 Å². The Labute approximate surface area is 170 Å². The third-order valence-corrected chi connectivity index (χ3v) is 5.27. The van der Waals surface area contributed by atoms with E-state index in [4.69, 9.17) is 19.6 Å². The average molecular weight is 396 g/mol. The summed E-state index contributed by atoms with van der Waals surface area (Å²) < 4.78 is 14.8. The van der Waals surface area contributed by atoms with Gasteiger partial charge in [-0.1, -0.05) is 43.3 Å². The van der Waals surface area contributed by atoms with Gasteiger partial charge >= 0.3 is 0 Å². The van der Waals surface area contributed by atoms with Crippen LogP contribution in [0.4, 0.5) is 0 Å². The summed E-state index contributed by atoms with van der Waals surface area (Å²) in [6.45, 7) is 8.23. The Morgan fingerprint density at radius 2 is 2.07 bits per heavy atom. The SMILES string of the molecule is CO[C@@H]1COC[C@H]1n1cc(-c2nc(CC(C)C)nn2Cc2ccccc2C)nn1. The van der Waals surface area contributed by atoms with E-state index in [2.05, 4.69) is 49.3 Å². The number of rotatable bonds is 7. The summed E-state index contributed by atoms with van der Waals surface area (Å²) in [4.78, 5) is 4.80. The van der Waals surface area contributed by atoms with E-state index in [1.807, 2.05) is 21.6 Å². The lowest BCUT2D eigenvalue weighted by Crippen LogP contribution is -2.24. The summed E-state index contributed by atoms with van der Waals surface area (Å²) in [7, 11) is 1.70. The molecule has 154 valence electrons. The molecule has 8 heteroatoms. The number of hydrogen-bond acceptors (Lipinski definition) is 6. The van der Waals surface area contributed by atoms with Gasteiger partial charge < -0.3 is 9.47 Å². The third-order valence-electron chi connectivity index (χ3n) is 5.27. The highest BCUT2D eigenvalue weighted by Gasteiger charge is 2.31. The second kappa shape index (κ2) is 8.42. The average Bonchev–Trinajstić information content (AvgIpc) is 3.41. The van der Waals surface area contributed by atoms with Gasteiger partial charge in [0.2, 0.25) is 0 Å². The number of methoxy groups -OCH3 is 1. The molecule has 1 aromatic carbocycles. The largest absolute Gasteiger partial charge is 0.377 e. The monoisotopic (exact) mass is 396 g/mol. The summed E-state index contributed by atoms with van der Waals surface area (Å²) in [6, 6.07) is 8.35. The number of aryl methyl sites for hydroxylation is 1. The molecular formula is C21H28N6O2. The molecule has 1 saturated heterocycles. The molecule has 8 nitrogen and oxygen atoms in total. The van der Waals surface area contributed by atoms with Crippen LogP contribution in [-0.4, -0.2) is 56.2 Å². The van der Waals surface area contributed by atoms with Crippen LogP contribution >= 0.6 is 0 Å². The molecule has 3 aromatic rings. The van der Waals surface area contributed by atoms with E-state index in [1.165, 1.54) is 11.1 Å². The smallest absolute Gasteiger partial charge is 0.180 e. The quantitative estimate of drug-likeness (QED) is 0.611. The Kier molecular flexibility index (Phi) is 5.73. The molecule has 0 N–H and O–H groups in total. The number of benzene rings is 1. The second-order valence-electron chi connectivity index (χ2n) is 8.00. The summed E-state index contributed by atoms with van der Waals surface area (Å²) >= 11 is 0. The van der Waals surface area contributed by atoms with Crippen LogP contribution < -0.4 is 0 Å². The standard InChI is InChI=1S/C21H28N6O2/c1-14(2)9-20-22-21(27(24-20)10-16-8-6-5-7-15(16)3)17-11-26(25-23-17)18-12-29-13-19(18)28-4/h5-8,11,14,18-19H,9-10,12-13H2,1-4H3/t18-,19-/m1/s1. The van der Waals surface area contributed by atoms with Gasteiger partial charge in [-0.2, -0.15) is 5.10 Å². The van der Waals surface area contributed by atoms with Crippen LogP contribution in [-0.2, 0) is 22.4 Å². The zero-order chi connectivity index (χ0) is 20.4. The predicted molar refractivity (Wildman–Crippen MR) is 109 cm³/mol. The van der Waals surface area contributed by atoms with Gasteiger partial charge in [-0.25, -0.2) is 14.3 Å². The molecule has 0 radical (unpaired) electrons. The topological polar surface area (TPSA) is 79.9 Å². The van der Waals surface area contributed by atoms with Gasteiger partial charge in [-0.15, -0.1) is 5.10 Å². The number of hydrogen-bond donors (Lipinski definition) is 0. The fraction of sp³-hybridized carbons (Fsp3) is 0.524. The zero-order valence-electron chi connectivity index (χ0n) is 17.4. The summed E-state index contributed by atoms with van der Waals surface area (Å²) in [5.41, 5.74) is 3.16. The van der Waals surface area contributed by atoms with Gasteiger partial charge in [0.05, 0.1) is 26.0 Å². The van der Waals surface area contributed by atoms with Crippen molar-refractivity contribution < 1.29 is 9.47 Å². The minimum atomic E-state index is -0.0223. The first-order valence-corrected chi connectivity index (χ1v) is 10.1. The summed E-state index contributed by atoms with van der Waals surface area (Å²) in [5.74, 6) is 2.05. The molecule has 2 aromatic heterocycles. The first-order valence-electron chi connectivity index (χ1n) is 10.1. The highest BCUT2D eigenvalue weighted by Crippen LogP contribution is 2.24. The van der Waals surface area contributed by atoms with Gasteiger partial charge in [0.15, 0.2) is 11.6 Å². The van der Waals surface area contributed by atoms with Gasteiger partial charge in [-0.3, -0.25) is 0 Å². The molecule has 1 aliphatic rings. The van der Waals surface area contributed by atoms with E-state index in [1.54, 1.807) is 7.11 Å². The van der Waals surface area contributed by atoms with Crippen molar-refractivity contribution in [2.24, 2.45) is 5.92 Å². The first-order chi connectivity index (χ1) is 14.0. The molecule has 1 fully saturated rings. The molecule has 0 spiro atoms. The van der Waals surface area contributed by atoms with Gasteiger partial charge in [0.1, 0.15) is 17.8 Å². The molecule has 0 unspecified atom stereocenters. The van der Waals surface area contributed by atoms with Crippen molar-refractivity contribution in [3.63, 3.8) is 0 Å². The van der Waals surface area contributed by atoms with Crippen LogP contribution in [0.5, 0.6) is 0 Å². The Hall–Kier alpha value is -2.58. The van der Waals surface area contributed by atoms with Crippen LogP contribution in [0.3, 0.4) is 0 Å². The van der Waals surface area contributed by atoms with Gasteiger partial charge in [0, 0.05) is 13.5 Å². The Morgan fingerprint density at radius 3 is 2.83 bits per heavy atom. The van der Waals surface area contributed by atoms with E-state index in [0.29, 0.717) is 31.4 Å². The number of ether oxygens (including phenoxy) is 2. The maximum absolute atomic E-state index is 5.55. The van der Waals surface area contributed by atoms with Crippen LogP contribution in [0.2, 0.25) is 0 Å². The van der Waals surface area contributed by atoms with Gasteiger partial charge in [-0.05, 0) is 24.0 Å². The Bertz CT molecular complexity index is 964. The van der Waals surface area contributed by atoms with E-state index in [9.17, 15) is 0 Å². The minimum Gasteiger partial charge on any atom is -0.377 e. The zero-order valence-corrected chi connectivity index (χ0v) is 17.4. The molecule has 0 aliphatic carbocycles. The predicted octanol–water partition coefficient (Wildman–Crippen LogP) is 2.68. The number of aromatic nitrogens is 6. The van der Waals surface area contributed by atoms with Crippen molar-refractivity contribution in [3.8, 4) is 11.5 Å². The molecule has 0 bridgehead atoms. The lowest BCUT2D eigenvalue weighted by Gasteiger charge is -2.15. The van der Waals surface area contributed by atoms with E-state index in [-0.39, 0.29) is 12.1 Å². The molecule has 3 heterocycles. The fourth-order valence-electron chi connectivity index (χ4n) is 3.63. The summed E-state index contributed by atoms with van der Waals surface area (Å²) in [5, 5.41) is 13.5. The Morgan fingerprint density at radius 1 is 1.24 bits per heavy atom. The van der Waals surface area contributed by atoms with Crippen molar-refractivity contribution in [1.29, 1.82) is 0 Å². The molecule has 0 amide bonds. The first kappa shape index (κ1) is 19.7. The lowest BCUT2D eigenvalue weighted by atomic mass is 10.1.